The van der Waals surface area contributed by atoms with Gasteiger partial charge in [-0.2, -0.15) is 5.10 Å². The highest BCUT2D eigenvalue weighted by Crippen LogP contribution is 2.28. The van der Waals surface area contributed by atoms with Crippen LogP contribution in [0, 0.1) is 10.5 Å². The summed E-state index contributed by atoms with van der Waals surface area (Å²) in [5, 5.41) is 6.40. The number of hydrogen-bond donors (Lipinski definition) is 1. The van der Waals surface area contributed by atoms with E-state index in [0.717, 1.165) is 17.1 Å². The minimum Gasteiger partial charge on any atom is -0.293 e. The fourth-order valence-corrected chi connectivity index (χ4v) is 3.14. The molecule has 0 aliphatic heterocycles. The molecule has 3 aromatic rings. The topological polar surface area (TPSA) is 89.8 Å². The fourth-order valence-electron chi connectivity index (χ4n) is 2.32. The molecule has 2 heterocycles. The van der Waals surface area contributed by atoms with Crippen LogP contribution in [-0.2, 0) is 22.6 Å². The Balaban J connectivity index is 2.03. The number of anilines is 1. The molecule has 0 fully saturated rings. The van der Waals surface area contributed by atoms with Crippen LogP contribution < -0.4 is 5.32 Å². The van der Waals surface area contributed by atoms with Crippen molar-refractivity contribution < 1.29 is 22.2 Å². The van der Waals surface area contributed by atoms with Gasteiger partial charge >= 0.3 is 0 Å². The Morgan fingerprint density at radius 2 is 1.96 bits per heavy atom. The number of fused-ring (bicyclic) bond motifs is 1. The Kier molecular flexibility index (Phi) is 5.65. The molecule has 1 aromatic carbocycles. The van der Waals surface area contributed by atoms with Crippen LogP contribution in [0.1, 0.15) is 12.1 Å². The van der Waals surface area contributed by atoms with Gasteiger partial charge < -0.3 is 0 Å². The van der Waals surface area contributed by atoms with Gasteiger partial charge in [-0.05, 0) is 12.1 Å². The first-order valence-corrected chi connectivity index (χ1v) is 8.81. The Hall–Kier alpha value is -2.60. The Morgan fingerprint density at radius 1 is 1.26 bits per heavy atom. The normalized spacial score (nSPS) is 11.0. The molecule has 3 rings (SSSR count). The second-order valence-electron chi connectivity index (χ2n) is 5.20. The van der Waals surface area contributed by atoms with E-state index < -0.39 is 30.4 Å². The summed E-state index contributed by atoms with van der Waals surface area (Å²) in [6.07, 6.45) is -1.20. The molecule has 2 aromatic heterocycles. The summed E-state index contributed by atoms with van der Waals surface area (Å²) in [4.78, 5) is 19.3. The molecular weight excluding hydrogens is 451 g/mol. The Bertz CT molecular complexity index is 1120. The number of aromatic nitrogens is 4. The van der Waals surface area contributed by atoms with Gasteiger partial charge in [0.15, 0.2) is 10.5 Å². The van der Waals surface area contributed by atoms with Gasteiger partial charge in [0.05, 0.1) is 12.4 Å². The van der Waals surface area contributed by atoms with Crippen LogP contribution in [0.4, 0.5) is 19.1 Å². The van der Waals surface area contributed by atoms with E-state index in [2.05, 4.69) is 36.3 Å². The molecule has 0 unspecified atom stereocenters. The zero-order valence-electron chi connectivity index (χ0n) is 13.2. The van der Waals surface area contributed by atoms with Gasteiger partial charge in [-0.3, -0.25) is 10.1 Å². The van der Waals surface area contributed by atoms with Crippen LogP contribution in [0.15, 0.2) is 35.1 Å². The zero-order valence-corrected chi connectivity index (χ0v) is 15.6. The minimum absolute atomic E-state index is 0.00271. The quantitative estimate of drug-likeness (QED) is 0.605. The molecule has 1 amide bonds. The van der Waals surface area contributed by atoms with E-state index in [4.69, 9.17) is 0 Å². The summed E-state index contributed by atoms with van der Waals surface area (Å²) in [6, 6.07) is 4.51. The summed E-state index contributed by atoms with van der Waals surface area (Å²) < 4.78 is 52.7. The second-order valence-corrected chi connectivity index (χ2v) is 6.66. The first-order valence-electron chi connectivity index (χ1n) is 7.27. The van der Waals surface area contributed by atoms with Gasteiger partial charge in [0.1, 0.15) is 23.5 Å². The number of hydrogen-bond acceptors (Lipinski definition) is 5. The van der Waals surface area contributed by atoms with Crippen molar-refractivity contribution in [2.75, 3.05) is 5.32 Å². The number of nitrogens with one attached hydrogen (secondary N) is 1. The average Bonchev–Trinajstić information content (AvgIpc) is 2.62. The highest BCUT2D eigenvalue weighted by atomic mass is 79.9. The second kappa shape index (κ2) is 7.96. The monoisotopic (exact) mass is 459 g/mol. The summed E-state index contributed by atoms with van der Waals surface area (Å²) >= 11 is 3.22. The largest absolute Gasteiger partial charge is 0.293 e. The van der Waals surface area contributed by atoms with E-state index in [1.54, 1.807) is 6.07 Å². The number of carbonyl (C=O) groups is 1. The molecule has 0 bridgehead atoms. The van der Waals surface area contributed by atoms with E-state index in [9.17, 15) is 22.2 Å². The van der Waals surface area contributed by atoms with E-state index in [1.807, 2.05) is 0 Å². The summed E-state index contributed by atoms with van der Waals surface area (Å²) in [6.45, 7) is -0.531. The highest BCUT2D eigenvalue weighted by Gasteiger charge is 2.19. The number of halogens is 4. The van der Waals surface area contributed by atoms with E-state index in [0.29, 0.717) is 4.47 Å². The average molecular weight is 460 g/mol. The van der Waals surface area contributed by atoms with Crippen LogP contribution in [0.2, 0.25) is 0 Å². The number of rotatable bonds is 4. The van der Waals surface area contributed by atoms with Gasteiger partial charge in [-0.15, -0.1) is 0 Å². The molecule has 0 aliphatic carbocycles. The highest BCUT2D eigenvalue weighted by molar-refractivity contribution is 9.10. The van der Waals surface area contributed by atoms with E-state index in [1.165, 1.54) is 12.1 Å². The first kappa shape index (κ1) is 19.2. The molecule has 27 heavy (non-hydrogen) atoms. The van der Waals surface area contributed by atoms with Crippen LogP contribution in [0.5, 0.6) is 0 Å². The molecule has 0 radical (unpaired) electrons. The lowest BCUT2D eigenvalue weighted by atomic mass is 10.1. The SMILES string of the molecule is O=S=c1c2ccc(Br)cc2c(C(F)F)nn1CC(=O)Nc1ncc(F)cn1. The predicted molar refractivity (Wildman–Crippen MR) is 94.4 cm³/mol. The lowest BCUT2D eigenvalue weighted by molar-refractivity contribution is -0.117. The molecule has 0 saturated heterocycles. The van der Waals surface area contributed by atoms with Gasteiger partial charge in [-0.1, -0.05) is 22.0 Å². The molecular formula is C15H9BrF3N5O2S. The number of alkyl halides is 2. The third-order valence-corrected chi connectivity index (χ3v) is 4.48. The molecule has 0 spiro atoms. The third-order valence-electron chi connectivity index (χ3n) is 3.40. The van der Waals surface area contributed by atoms with Crippen molar-refractivity contribution in [2.24, 2.45) is 0 Å². The molecule has 140 valence electrons. The van der Waals surface area contributed by atoms with Gasteiger partial charge in [0.2, 0.25) is 11.9 Å². The predicted octanol–water partition coefficient (Wildman–Crippen LogP) is 3.05. The number of benzene rings is 1. The summed E-state index contributed by atoms with van der Waals surface area (Å²) in [5.41, 5.74) is -0.560. The smallest absolute Gasteiger partial charge is 0.282 e. The van der Waals surface area contributed by atoms with Crippen LogP contribution in [0.3, 0.4) is 0 Å². The van der Waals surface area contributed by atoms with Crippen molar-refractivity contribution in [2.45, 2.75) is 13.0 Å². The third kappa shape index (κ3) is 4.22. The summed E-state index contributed by atoms with van der Waals surface area (Å²) in [5.74, 6) is -1.57. The maximum absolute atomic E-state index is 13.4. The van der Waals surface area contributed by atoms with Crippen LogP contribution in [0.25, 0.3) is 10.8 Å². The maximum atomic E-state index is 13.4. The standard InChI is InChI=1S/C15H9BrF3N5O2S/c16-7-1-2-9-10(3-7)12(13(18)19)23-24(14(9)27-26)6-11(25)22-15-20-4-8(17)5-21-15/h1-5,13H,6H2,(H,20,21,22,25). The van der Waals surface area contributed by atoms with Gasteiger partial charge in [0.25, 0.3) is 6.43 Å². The molecule has 0 aliphatic rings. The lowest BCUT2D eigenvalue weighted by Gasteiger charge is -2.12. The molecule has 12 heteroatoms. The van der Waals surface area contributed by atoms with Crippen LogP contribution in [-0.4, -0.2) is 29.9 Å². The van der Waals surface area contributed by atoms with E-state index in [-0.39, 0.29) is 32.6 Å². The number of amides is 1. The Labute approximate surface area is 161 Å². The van der Waals surface area contributed by atoms with Crippen molar-refractivity contribution in [1.82, 2.24) is 19.7 Å². The van der Waals surface area contributed by atoms with Crippen molar-refractivity contribution in [3.8, 4) is 0 Å². The number of carbonyl (C=O) groups excluding carboxylic acids is 1. The maximum Gasteiger partial charge on any atom is 0.282 e. The van der Waals surface area contributed by atoms with E-state index >= 15 is 0 Å². The van der Waals surface area contributed by atoms with Gasteiger partial charge in [-0.25, -0.2) is 32.0 Å². The zero-order chi connectivity index (χ0) is 19.6. The fraction of sp³-hybridized carbons (Fsp3) is 0.133. The molecule has 0 atom stereocenters. The van der Waals surface area contributed by atoms with Crippen molar-refractivity contribution >= 4 is 49.8 Å². The van der Waals surface area contributed by atoms with Crippen molar-refractivity contribution in [3.05, 3.63) is 51.2 Å². The molecule has 1 N–H and O–H groups in total. The number of nitrogens with zero attached hydrogens (tertiary/aromatic N) is 4. The van der Waals surface area contributed by atoms with Crippen molar-refractivity contribution in [3.63, 3.8) is 0 Å². The first-order chi connectivity index (χ1) is 12.9. The summed E-state index contributed by atoms with van der Waals surface area (Å²) in [7, 11) is 0. The van der Waals surface area contributed by atoms with Crippen LogP contribution >= 0.6 is 15.9 Å². The molecule has 7 nitrogen and oxygen atoms in total. The van der Waals surface area contributed by atoms with Crippen molar-refractivity contribution in [1.29, 1.82) is 0 Å². The van der Waals surface area contributed by atoms with Gasteiger partial charge in [0, 0.05) is 15.2 Å². The molecule has 0 saturated carbocycles. The minimum atomic E-state index is -2.91. The Morgan fingerprint density at radius 3 is 2.59 bits per heavy atom. The lowest BCUT2D eigenvalue weighted by Crippen LogP contribution is -2.23.